The van der Waals surface area contributed by atoms with Crippen LogP contribution >= 0.6 is 15.9 Å². The summed E-state index contributed by atoms with van der Waals surface area (Å²) in [5.74, 6) is 0.465. The SMILES string of the molecule is COc1c(Br)ccc2c1CN(C1CCC(=O)NC1=O)C2. The number of piperidine rings is 1. The summed E-state index contributed by atoms with van der Waals surface area (Å²) in [7, 11) is 1.65. The van der Waals surface area contributed by atoms with Crippen LogP contribution in [0.1, 0.15) is 24.0 Å². The molecule has 0 aromatic heterocycles. The van der Waals surface area contributed by atoms with E-state index in [4.69, 9.17) is 4.74 Å². The molecule has 1 saturated heterocycles. The summed E-state index contributed by atoms with van der Waals surface area (Å²) in [4.78, 5) is 25.3. The van der Waals surface area contributed by atoms with Gasteiger partial charge in [0.1, 0.15) is 5.75 Å². The molecule has 3 rings (SSSR count). The average molecular weight is 339 g/mol. The molecule has 2 amide bonds. The highest BCUT2D eigenvalue weighted by molar-refractivity contribution is 9.10. The Hall–Kier alpha value is -1.40. The summed E-state index contributed by atoms with van der Waals surface area (Å²) in [5.41, 5.74) is 2.29. The highest BCUT2D eigenvalue weighted by Crippen LogP contribution is 2.38. The van der Waals surface area contributed by atoms with Crippen LogP contribution in [0.5, 0.6) is 5.75 Å². The molecule has 6 heteroatoms. The van der Waals surface area contributed by atoms with Crippen molar-refractivity contribution in [1.29, 1.82) is 0 Å². The predicted octanol–water partition coefficient (Wildman–Crippen LogP) is 1.58. The van der Waals surface area contributed by atoms with Crippen molar-refractivity contribution >= 4 is 27.7 Å². The second-order valence-electron chi connectivity index (χ2n) is 5.09. The molecule has 1 fully saturated rings. The quantitative estimate of drug-likeness (QED) is 0.832. The number of fused-ring (bicyclic) bond motifs is 1. The Balaban J connectivity index is 1.84. The van der Waals surface area contributed by atoms with Crippen LogP contribution in [0.4, 0.5) is 0 Å². The molecule has 0 spiro atoms. The number of halogens is 1. The zero-order chi connectivity index (χ0) is 14.3. The summed E-state index contributed by atoms with van der Waals surface area (Å²) >= 11 is 3.48. The zero-order valence-electron chi connectivity index (χ0n) is 11.1. The van der Waals surface area contributed by atoms with Crippen molar-refractivity contribution in [2.75, 3.05) is 7.11 Å². The van der Waals surface area contributed by atoms with Crippen LogP contribution < -0.4 is 10.1 Å². The van der Waals surface area contributed by atoms with Crippen molar-refractivity contribution in [3.8, 4) is 5.75 Å². The second-order valence-corrected chi connectivity index (χ2v) is 5.94. The molecule has 1 unspecified atom stereocenters. The van der Waals surface area contributed by atoms with E-state index in [0.717, 1.165) is 15.8 Å². The van der Waals surface area contributed by atoms with Crippen molar-refractivity contribution in [3.63, 3.8) is 0 Å². The van der Waals surface area contributed by atoms with Crippen LogP contribution in [0.3, 0.4) is 0 Å². The van der Waals surface area contributed by atoms with Crippen LogP contribution in [0.25, 0.3) is 0 Å². The molecule has 0 saturated carbocycles. The molecule has 1 aromatic carbocycles. The third kappa shape index (κ3) is 2.23. The van der Waals surface area contributed by atoms with E-state index in [1.54, 1.807) is 7.11 Å². The predicted molar refractivity (Wildman–Crippen MR) is 76.1 cm³/mol. The minimum Gasteiger partial charge on any atom is -0.495 e. The van der Waals surface area contributed by atoms with Gasteiger partial charge < -0.3 is 4.74 Å². The van der Waals surface area contributed by atoms with Gasteiger partial charge in [-0.2, -0.15) is 0 Å². The third-order valence-electron chi connectivity index (χ3n) is 3.90. The summed E-state index contributed by atoms with van der Waals surface area (Å²) in [6.45, 7) is 1.38. The number of nitrogens with zero attached hydrogens (tertiary/aromatic N) is 1. The molecule has 2 aliphatic rings. The third-order valence-corrected chi connectivity index (χ3v) is 4.52. The number of rotatable bonds is 2. The van der Waals surface area contributed by atoms with E-state index < -0.39 is 0 Å². The summed E-state index contributed by atoms with van der Waals surface area (Å²) in [6.07, 6.45) is 0.992. The highest BCUT2D eigenvalue weighted by Gasteiger charge is 2.35. The van der Waals surface area contributed by atoms with Gasteiger partial charge in [-0.05, 0) is 34.0 Å². The van der Waals surface area contributed by atoms with Crippen molar-refractivity contribution in [2.24, 2.45) is 0 Å². The smallest absolute Gasteiger partial charge is 0.243 e. The van der Waals surface area contributed by atoms with Crippen molar-refractivity contribution in [3.05, 3.63) is 27.7 Å². The molecular weight excluding hydrogens is 324 g/mol. The Morgan fingerprint density at radius 2 is 2.15 bits per heavy atom. The van der Waals surface area contributed by atoms with Crippen molar-refractivity contribution in [1.82, 2.24) is 10.2 Å². The lowest BCUT2D eigenvalue weighted by Crippen LogP contribution is -2.50. The molecule has 106 valence electrons. The Bertz CT molecular complexity index is 588. The first-order chi connectivity index (χ1) is 9.60. The monoisotopic (exact) mass is 338 g/mol. The minimum absolute atomic E-state index is 0.178. The lowest BCUT2D eigenvalue weighted by atomic mass is 10.0. The molecule has 2 heterocycles. The number of amides is 2. The van der Waals surface area contributed by atoms with Gasteiger partial charge in [-0.1, -0.05) is 6.07 Å². The number of hydrogen-bond acceptors (Lipinski definition) is 4. The lowest BCUT2D eigenvalue weighted by Gasteiger charge is -2.29. The number of benzene rings is 1. The fourth-order valence-corrected chi connectivity index (χ4v) is 3.44. The van der Waals surface area contributed by atoms with Crippen LogP contribution in [-0.2, 0) is 22.7 Å². The summed E-state index contributed by atoms with van der Waals surface area (Å²) in [6, 6.07) is 3.78. The van der Waals surface area contributed by atoms with Gasteiger partial charge in [0, 0.05) is 25.1 Å². The number of methoxy groups -OCH3 is 1. The van der Waals surface area contributed by atoms with Crippen LogP contribution in [-0.4, -0.2) is 29.9 Å². The van der Waals surface area contributed by atoms with E-state index in [2.05, 4.69) is 26.1 Å². The number of nitrogens with one attached hydrogen (secondary N) is 1. The summed E-state index contributed by atoms with van der Waals surface area (Å²) in [5, 5.41) is 2.41. The Kier molecular flexibility index (Phi) is 3.52. The fraction of sp³-hybridized carbons (Fsp3) is 0.429. The molecule has 2 aliphatic heterocycles. The standard InChI is InChI=1S/C14H15BrN2O3/c1-20-13-9-7-17(6-8(9)2-3-10(13)15)11-4-5-12(18)16-14(11)19/h2-3,11H,4-7H2,1H3,(H,16,18,19). The Morgan fingerprint density at radius 3 is 2.85 bits per heavy atom. The van der Waals surface area contributed by atoms with E-state index in [9.17, 15) is 9.59 Å². The fourth-order valence-electron chi connectivity index (χ4n) is 2.91. The van der Waals surface area contributed by atoms with Gasteiger partial charge in [0.15, 0.2) is 0 Å². The van der Waals surface area contributed by atoms with Crippen LogP contribution in [0.2, 0.25) is 0 Å². The maximum atomic E-state index is 12.0. The Labute approximate surface area is 125 Å². The molecule has 0 radical (unpaired) electrons. The number of imide groups is 1. The molecule has 20 heavy (non-hydrogen) atoms. The van der Waals surface area contributed by atoms with Gasteiger partial charge in [0.05, 0.1) is 17.6 Å². The van der Waals surface area contributed by atoms with Gasteiger partial charge in [-0.15, -0.1) is 0 Å². The van der Waals surface area contributed by atoms with Gasteiger partial charge >= 0.3 is 0 Å². The maximum absolute atomic E-state index is 12.0. The van der Waals surface area contributed by atoms with E-state index in [-0.39, 0.29) is 17.9 Å². The molecule has 1 N–H and O–H groups in total. The molecule has 1 atom stereocenters. The first-order valence-electron chi connectivity index (χ1n) is 6.52. The largest absolute Gasteiger partial charge is 0.495 e. The van der Waals surface area contributed by atoms with Gasteiger partial charge in [0.25, 0.3) is 0 Å². The number of ether oxygens (including phenoxy) is 1. The molecule has 0 bridgehead atoms. The van der Waals surface area contributed by atoms with Crippen LogP contribution in [0, 0.1) is 0 Å². The first kappa shape index (κ1) is 13.6. The molecule has 1 aromatic rings. The minimum atomic E-state index is -0.233. The van der Waals surface area contributed by atoms with E-state index >= 15 is 0 Å². The van der Waals surface area contributed by atoms with Gasteiger partial charge in [-0.3, -0.25) is 19.8 Å². The van der Waals surface area contributed by atoms with Crippen LogP contribution in [0.15, 0.2) is 16.6 Å². The number of carbonyl (C=O) groups is 2. The lowest BCUT2D eigenvalue weighted by molar-refractivity contribution is -0.137. The normalized spacial score (nSPS) is 22.6. The second kappa shape index (κ2) is 5.18. The average Bonchev–Trinajstić information content (AvgIpc) is 2.82. The zero-order valence-corrected chi connectivity index (χ0v) is 12.7. The van der Waals surface area contributed by atoms with E-state index in [1.165, 1.54) is 5.56 Å². The van der Waals surface area contributed by atoms with Crippen molar-refractivity contribution < 1.29 is 14.3 Å². The first-order valence-corrected chi connectivity index (χ1v) is 7.31. The number of carbonyl (C=O) groups excluding carboxylic acids is 2. The Morgan fingerprint density at radius 1 is 1.35 bits per heavy atom. The topological polar surface area (TPSA) is 58.6 Å². The molecule has 0 aliphatic carbocycles. The molecule has 5 nitrogen and oxygen atoms in total. The van der Waals surface area contributed by atoms with Crippen molar-refractivity contribution in [2.45, 2.75) is 32.0 Å². The van der Waals surface area contributed by atoms with Gasteiger partial charge in [0.2, 0.25) is 11.8 Å². The van der Waals surface area contributed by atoms with E-state index in [0.29, 0.717) is 25.9 Å². The maximum Gasteiger partial charge on any atom is 0.243 e. The van der Waals surface area contributed by atoms with E-state index in [1.807, 2.05) is 12.1 Å². The molecular formula is C14H15BrN2O3. The highest BCUT2D eigenvalue weighted by atomic mass is 79.9. The number of hydrogen-bond donors (Lipinski definition) is 1. The summed E-state index contributed by atoms with van der Waals surface area (Å²) < 4.78 is 6.36. The van der Waals surface area contributed by atoms with Gasteiger partial charge in [-0.25, -0.2) is 0 Å².